The van der Waals surface area contributed by atoms with Gasteiger partial charge in [0.25, 0.3) is 5.69 Å². The Kier molecular flexibility index (Phi) is 4.42. The molecule has 0 bridgehead atoms. The smallest absolute Gasteiger partial charge is 0.288 e. The number of hydrogen-bond donors (Lipinski definition) is 0. The lowest BCUT2D eigenvalue weighted by molar-refractivity contribution is -0.384. The molecule has 0 aliphatic heterocycles. The summed E-state index contributed by atoms with van der Waals surface area (Å²) in [4.78, 5) is 10.0. The summed E-state index contributed by atoms with van der Waals surface area (Å²) >= 11 is 11.5. The molecule has 104 valence electrons. The van der Waals surface area contributed by atoms with Gasteiger partial charge >= 0.3 is 0 Å². The van der Waals surface area contributed by atoms with E-state index in [9.17, 15) is 14.5 Å². The topological polar surface area (TPSA) is 52.4 Å². The number of para-hydroxylation sites is 1. The highest BCUT2D eigenvalue weighted by atomic mass is 35.5. The number of benzene rings is 2. The molecule has 0 amide bonds. The van der Waals surface area contributed by atoms with Gasteiger partial charge < -0.3 is 4.74 Å². The molecule has 0 spiro atoms. The van der Waals surface area contributed by atoms with Crippen LogP contribution >= 0.6 is 23.2 Å². The van der Waals surface area contributed by atoms with Gasteiger partial charge in [0.15, 0.2) is 11.6 Å². The highest BCUT2D eigenvalue weighted by molar-refractivity contribution is 6.32. The Labute approximate surface area is 123 Å². The summed E-state index contributed by atoms with van der Waals surface area (Å²) in [7, 11) is 0. The van der Waals surface area contributed by atoms with Crippen molar-refractivity contribution in [2.75, 3.05) is 0 Å². The zero-order chi connectivity index (χ0) is 14.7. The fourth-order valence-corrected chi connectivity index (χ4v) is 2.04. The summed E-state index contributed by atoms with van der Waals surface area (Å²) in [5.74, 6) is -0.324. The molecule has 2 aromatic rings. The van der Waals surface area contributed by atoms with E-state index in [0.717, 1.165) is 0 Å². The van der Waals surface area contributed by atoms with Crippen molar-refractivity contribution in [2.24, 2.45) is 0 Å². The Morgan fingerprint density at radius 3 is 2.65 bits per heavy atom. The van der Waals surface area contributed by atoms with Crippen LogP contribution in [0.4, 0.5) is 10.1 Å². The average Bonchev–Trinajstić information content (AvgIpc) is 2.40. The molecule has 20 heavy (non-hydrogen) atoms. The van der Waals surface area contributed by atoms with Crippen LogP contribution < -0.4 is 4.74 Å². The van der Waals surface area contributed by atoms with E-state index in [1.54, 1.807) is 6.07 Å². The Morgan fingerprint density at radius 1 is 1.30 bits per heavy atom. The highest BCUT2D eigenvalue weighted by Crippen LogP contribution is 2.33. The van der Waals surface area contributed by atoms with Crippen molar-refractivity contribution in [1.82, 2.24) is 0 Å². The predicted octanol–water partition coefficient (Wildman–Crippen LogP) is 4.92. The van der Waals surface area contributed by atoms with Crippen molar-refractivity contribution >= 4 is 28.9 Å². The minimum atomic E-state index is -0.612. The van der Waals surface area contributed by atoms with Crippen molar-refractivity contribution in [3.63, 3.8) is 0 Å². The zero-order valence-corrected chi connectivity index (χ0v) is 11.5. The van der Waals surface area contributed by atoms with Gasteiger partial charge in [0.2, 0.25) is 0 Å². The molecule has 0 fully saturated rings. The van der Waals surface area contributed by atoms with Gasteiger partial charge in [-0.3, -0.25) is 10.1 Å². The number of rotatable bonds is 4. The van der Waals surface area contributed by atoms with Crippen LogP contribution in [-0.4, -0.2) is 4.92 Å². The van der Waals surface area contributed by atoms with Gasteiger partial charge in [-0.05, 0) is 12.1 Å². The Morgan fingerprint density at radius 2 is 2.05 bits per heavy atom. The van der Waals surface area contributed by atoms with Crippen LogP contribution in [0.5, 0.6) is 11.5 Å². The van der Waals surface area contributed by atoms with E-state index in [1.807, 2.05) is 0 Å². The first-order valence-corrected chi connectivity index (χ1v) is 6.39. The summed E-state index contributed by atoms with van der Waals surface area (Å²) in [5, 5.41) is 10.6. The molecule has 0 saturated heterocycles. The normalized spacial score (nSPS) is 10.3. The molecule has 0 aliphatic carbocycles. The third-order valence-corrected chi connectivity index (χ3v) is 3.12. The van der Waals surface area contributed by atoms with Crippen LogP contribution in [0.1, 0.15) is 5.56 Å². The first kappa shape index (κ1) is 14.6. The Bertz CT molecular complexity index is 664. The fourth-order valence-electron chi connectivity index (χ4n) is 1.59. The van der Waals surface area contributed by atoms with Gasteiger partial charge in [0, 0.05) is 17.7 Å². The monoisotopic (exact) mass is 315 g/mol. The van der Waals surface area contributed by atoms with Crippen molar-refractivity contribution in [1.29, 1.82) is 0 Å². The van der Waals surface area contributed by atoms with Crippen molar-refractivity contribution < 1.29 is 14.1 Å². The van der Waals surface area contributed by atoms with Gasteiger partial charge in [-0.2, -0.15) is 0 Å². The van der Waals surface area contributed by atoms with Crippen LogP contribution in [0.25, 0.3) is 0 Å². The summed E-state index contributed by atoms with van der Waals surface area (Å²) in [5.41, 5.74) is 0.228. The van der Waals surface area contributed by atoms with E-state index >= 15 is 0 Å². The van der Waals surface area contributed by atoms with Crippen molar-refractivity contribution in [2.45, 2.75) is 5.88 Å². The molecular weight excluding hydrogens is 308 g/mol. The van der Waals surface area contributed by atoms with E-state index in [2.05, 4.69) is 0 Å². The third-order valence-electron chi connectivity index (χ3n) is 2.53. The van der Waals surface area contributed by atoms with Gasteiger partial charge in [-0.15, -0.1) is 11.6 Å². The second-order valence-corrected chi connectivity index (χ2v) is 4.51. The molecule has 0 radical (unpaired) electrons. The van der Waals surface area contributed by atoms with Gasteiger partial charge in [0.1, 0.15) is 10.8 Å². The standard InChI is InChI=1S/C13H8Cl2FNO3/c14-7-8-2-1-3-11(16)13(8)20-9-4-5-12(17(18)19)10(15)6-9/h1-6H,7H2. The molecule has 0 atom stereocenters. The largest absolute Gasteiger partial charge is 0.454 e. The summed E-state index contributed by atoms with van der Waals surface area (Å²) in [6.07, 6.45) is 0. The lowest BCUT2D eigenvalue weighted by atomic mass is 10.2. The molecule has 2 aromatic carbocycles. The molecule has 0 aliphatic rings. The molecule has 0 aromatic heterocycles. The van der Waals surface area contributed by atoms with E-state index in [1.165, 1.54) is 30.3 Å². The quantitative estimate of drug-likeness (QED) is 0.457. The second kappa shape index (κ2) is 6.07. The summed E-state index contributed by atoms with van der Waals surface area (Å²) < 4.78 is 19.1. The number of alkyl halides is 1. The summed E-state index contributed by atoms with van der Waals surface area (Å²) in [6, 6.07) is 8.16. The SMILES string of the molecule is O=[N+]([O-])c1ccc(Oc2c(F)cccc2CCl)cc1Cl. The fraction of sp³-hybridized carbons (Fsp3) is 0.0769. The van der Waals surface area contributed by atoms with Gasteiger partial charge in [-0.1, -0.05) is 23.7 Å². The number of ether oxygens (including phenoxy) is 1. The van der Waals surface area contributed by atoms with E-state index in [0.29, 0.717) is 5.56 Å². The molecule has 0 saturated carbocycles. The average molecular weight is 316 g/mol. The van der Waals surface area contributed by atoms with E-state index in [4.69, 9.17) is 27.9 Å². The number of halogens is 3. The van der Waals surface area contributed by atoms with Gasteiger partial charge in [0.05, 0.1) is 10.8 Å². The first-order chi connectivity index (χ1) is 9.52. The number of nitro groups is 1. The zero-order valence-electron chi connectivity index (χ0n) is 9.98. The molecular formula is C13H8Cl2FNO3. The molecule has 0 N–H and O–H groups in total. The summed E-state index contributed by atoms with van der Waals surface area (Å²) in [6.45, 7) is 0. The number of nitrogens with zero attached hydrogens (tertiary/aromatic N) is 1. The lowest BCUT2D eigenvalue weighted by Gasteiger charge is -2.10. The second-order valence-electron chi connectivity index (χ2n) is 3.83. The number of hydrogen-bond acceptors (Lipinski definition) is 3. The minimum Gasteiger partial charge on any atom is -0.454 e. The van der Waals surface area contributed by atoms with Gasteiger partial charge in [-0.25, -0.2) is 4.39 Å². The van der Waals surface area contributed by atoms with E-state index < -0.39 is 10.7 Å². The molecule has 2 rings (SSSR count). The van der Waals surface area contributed by atoms with Crippen LogP contribution in [0, 0.1) is 15.9 Å². The third kappa shape index (κ3) is 3.00. The minimum absolute atomic E-state index is 0.0209. The molecule has 0 unspecified atom stereocenters. The Hall–Kier alpha value is -1.85. The van der Waals surface area contributed by atoms with Crippen molar-refractivity contribution in [3.05, 3.63) is 62.9 Å². The highest BCUT2D eigenvalue weighted by Gasteiger charge is 2.15. The molecule has 0 heterocycles. The molecule has 7 heteroatoms. The van der Waals surface area contributed by atoms with E-state index in [-0.39, 0.29) is 28.1 Å². The van der Waals surface area contributed by atoms with Crippen LogP contribution in [0.3, 0.4) is 0 Å². The van der Waals surface area contributed by atoms with Crippen molar-refractivity contribution in [3.8, 4) is 11.5 Å². The lowest BCUT2D eigenvalue weighted by Crippen LogP contribution is -1.94. The molecule has 4 nitrogen and oxygen atoms in total. The van der Waals surface area contributed by atoms with Crippen LogP contribution in [0.15, 0.2) is 36.4 Å². The first-order valence-electron chi connectivity index (χ1n) is 5.48. The Balaban J connectivity index is 2.36. The maximum absolute atomic E-state index is 13.7. The van der Waals surface area contributed by atoms with Crippen LogP contribution in [0.2, 0.25) is 5.02 Å². The predicted molar refractivity (Wildman–Crippen MR) is 74.1 cm³/mol. The number of nitro benzene ring substituents is 1. The van der Waals surface area contributed by atoms with Crippen LogP contribution in [-0.2, 0) is 5.88 Å². The maximum atomic E-state index is 13.7. The maximum Gasteiger partial charge on any atom is 0.288 e.